The van der Waals surface area contributed by atoms with Gasteiger partial charge in [-0.15, -0.1) is 11.3 Å². The lowest BCUT2D eigenvalue weighted by Crippen LogP contribution is -2.43. The van der Waals surface area contributed by atoms with Gasteiger partial charge in [-0.2, -0.15) is 0 Å². The summed E-state index contributed by atoms with van der Waals surface area (Å²) in [6, 6.07) is 2.55. The minimum absolute atomic E-state index is 0.137. The summed E-state index contributed by atoms with van der Waals surface area (Å²) < 4.78 is 30.8. The molecule has 2 fully saturated rings. The first kappa shape index (κ1) is 28.5. The molecule has 0 radical (unpaired) electrons. The Morgan fingerprint density at radius 1 is 1.05 bits per heavy atom. The van der Waals surface area contributed by atoms with Crippen LogP contribution in [0.15, 0.2) is 24.4 Å². The second kappa shape index (κ2) is 11.9. The second-order valence-electron chi connectivity index (χ2n) is 11.6. The number of hydrogen-bond acceptors (Lipinski definition) is 10. The number of sulfone groups is 1. The van der Waals surface area contributed by atoms with E-state index < -0.39 is 9.84 Å². The summed E-state index contributed by atoms with van der Waals surface area (Å²) in [5, 5.41) is 0. The Hall–Kier alpha value is -2.60. The minimum atomic E-state index is -3.28. The first-order valence-corrected chi connectivity index (χ1v) is 17.5. The van der Waals surface area contributed by atoms with Gasteiger partial charge in [0.1, 0.15) is 0 Å². The van der Waals surface area contributed by atoms with Crippen molar-refractivity contribution < 1.29 is 13.2 Å². The van der Waals surface area contributed by atoms with Gasteiger partial charge in [0.25, 0.3) is 0 Å². The molecule has 0 N–H and O–H groups in total. The molecule has 9 nitrogen and oxygen atoms in total. The van der Waals surface area contributed by atoms with Crippen LogP contribution in [0.1, 0.15) is 48.1 Å². The van der Waals surface area contributed by atoms with E-state index in [0.29, 0.717) is 17.5 Å². The zero-order chi connectivity index (χ0) is 28.6. The molecule has 3 aromatic rings. The largest absolute Gasteiger partial charge is 0.481 e. The maximum Gasteiger partial charge on any atom is 0.226 e. The molecule has 0 spiro atoms. The van der Waals surface area contributed by atoms with Gasteiger partial charge in [0.05, 0.1) is 28.8 Å². The van der Waals surface area contributed by atoms with Gasteiger partial charge in [0, 0.05) is 72.8 Å². The number of hydrogen-bond donors (Lipinski definition) is 0. The van der Waals surface area contributed by atoms with E-state index in [0.717, 1.165) is 86.1 Å². The first-order chi connectivity index (χ1) is 19.8. The van der Waals surface area contributed by atoms with E-state index >= 15 is 0 Å². The highest BCUT2D eigenvalue weighted by molar-refractivity contribution is 7.89. The summed E-state index contributed by atoms with van der Waals surface area (Å²) >= 11 is 1.73. The molecule has 0 unspecified atom stereocenters. The van der Waals surface area contributed by atoms with Gasteiger partial charge in [0.2, 0.25) is 11.8 Å². The van der Waals surface area contributed by atoms with Crippen LogP contribution in [0.5, 0.6) is 5.88 Å². The second-order valence-corrected chi connectivity index (χ2v) is 15.0. The average molecular weight is 597 g/mol. The summed E-state index contributed by atoms with van der Waals surface area (Å²) in [4.78, 5) is 23.5. The number of likely N-dealkylation sites (tertiary alicyclic amines) is 1. The summed E-state index contributed by atoms with van der Waals surface area (Å²) in [5.74, 6) is 0.950. The van der Waals surface area contributed by atoms with Crippen LogP contribution in [0.4, 0.5) is 5.95 Å². The molecule has 0 amide bonds. The Morgan fingerprint density at radius 3 is 2.46 bits per heavy atom. The van der Waals surface area contributed by atoms with Crippen LogP contribution in [0.25, 0.3) is 21.5 Å². The van der Waals surface area contributed by atoms with E-state index in [4.69, 9.17) is 14.7 Å². The van der Waals surface area contributed by atoms with Crippen molar-refractivity contribution >= 4 is 37.3 Å². The van der Waals surface area contributed by atoms with Gasteiger partial charge in [-0.05, 0) is 58.2 Å². The van der Waals surface area contributed by atoms with Gasteiger partial charge < -0.3 is 9.64 Å². The van der Waals surface area contributed by atoms with E-state index in [1.807, 2.05) is 6.07 Å². The van der Waals surface area contributed by atoms with Crippen LogP contribution in [0, 0.1) is 6.92 Å². The SMILES string of the molecule is COc1ncc(-c2nc(N3CCCCC3)nc3c(CN4CCC(N5CC=CC5)CC4)c(C)sc23)cc1CS(C)(=O)=O. The van der Waals surface area contributed by atoms with E-state index in [1.165, 1.54) is 43.1 Å². The molecule has 41 heavy (non-hydrogen) atoms. The molecule has 3 aliphatic rings. The highest BCUT2D eigenvalue weighted by Gasteiger charge is 2.27. The fraction of sp³-hybridized carbons (Fsp3) is 0.567. The molecule has 11 heteroatoms. The fourth-order valence-corrected chi connectivity index (χ4v) is 8.28. The number of piperidine rings is 2. The number of aromatic nitrogens is 3. The zero-order valence-corrected chi connectivity index (χ0v) is 25.9. The van der Waals surface area contributed by atoms with Crippen LogP contribution in [0.3, 0.4) is 0 Å². The van der Waals surface area contributed by atoms with Crippen molar-refractivity contribution in [3.8, 4) is 17.1 Å². The third-order valence-corrected chi connectivity index (χ3v) is 10.5. The molecule has 0 aromatic carbocycles. The Kier molecular flexibility index (Phi) is 8.31. The number of methoxy groups -OCH3 is 1. The maximum atomic E-state index is 12.2. The monoisotopic (exact) mass is 596 g/mol. The van der Waals surface area contributed by atoms with Crippen molar-refractivity contribution in [2.24, 2.45) is 0 Å². The molecule has 0 bridgehead atoms. The van der Waals surface area contributed by atoms with Gasteiger partial charge in [-0.3, -0.25) is 9.80 Å². The van der Waals surface area contributed by atoms with Gasteiger partial charge in [0.15, 0.2) is 9.84 Å². The van der Waals surface area contributed by atoms with Crippen LogP contribution in [-0.2, 0) is 22.1 Å². The fourth-order valence-electron chi connectivity index (χ4n) is 6.39. The summed E-state index contributed by atoms with van der Waals surface area (Å²) in [6.45, 7) is 9.32. The highest BCUT2D eigenvalue weighted by Crippen LogP contribution is 2.39. The van der Waals surface area contributed by atoms with Crippen molar-refractivity contribution in [1.82, 2.24) is 24.8 Å². The van der Waals surface area contributed by atoms with Crippen LogP contribution < -0.4 is 9.64 Å². The van der Waals surface area contributed by atoms with Crippen molar-refractivity contribution in [2.75, 3.05) is 57.5 Å². The van der Waals surface area contributed by atoms with Gasteiger partial charge in [-0.1, -0.05) is 12.2 Å². The molecule has 2 saturated heterocycles. The third kappa shape index (κ3) is 6.28. The number of fused-ring (bicyclic) bond motifs is 1. The Morgan fingerprint density at radius 2 is 1.78 bits per heavy atom. The predicted molar refractivity (Wildman–Crippen MR) is 166 cm³/mol. The maximum absolute atomic E-state index is 12.2. The molecule has 6 rings (SSSR count). The number of thiophene rings is 1. The van der Waals surface area contributed by atoms with E-state index in [-0.39, 0.29) is 5.75 Å². The summed E-state index contributed by atoms with van der Waals surface area (Å²) in [6.07, 6.45) is 13.4. The van der Waals surface area contributed by atoms with Crippen molar-refractivity contribution in [2.45, 2.75) is 57.4 Å². The Labute approximate surface area is 247 Å². The topological polar surface area (TPSA) is 91.8 Å². The molecular weight excluding hydrogens is 557 g/mol. The molecular formula is C30H40N6O3S2. The number of nitrogens with zero attached hydrogens (tertiary/aromatic N) is 6. The molecule has 0 saturated carbocycles. The van der Waals surface area contributed by atoms with Crippen molar-refractivity contribution in [3.05, 3.63) is 40.4 Å². The highest BCUT2D eigenvalue weighted by atomic mass is 32.2. The lowest BCUT2D eigenvalue weighted by Gasteiger charge is -2.36. The van der Waals surface area contributed by atoms with E-state index in [2.05, 4.69) is 38.8 Å². The number of pyridine rings is 1. The average Bonchev–Trinajstić information content (AvgIpc) is 3.61. The van der Waals surface area contributed by atoms with E-state index in [9.17, 15) is 8.42 Å². The Bertz CT molecular complexity index is 1530. The molecule has 6 heterocycles. The minimum Gasteiger partial charge on any atom is -0.481 e. The van der Waals surface area contributed by atoms with Gasteiger partial charge >= 0.3 is 0 Å². The molecule has 3 aliphatic heterocycles. The zero-order valence-electron chi connectivity index (χ0n) is 24.3. The quantitative estimate of drug-likeness (QED) is 0.350. The number of rotatable bonds is 8. The lowest BCUT2D eigenvalue weighted by molar-refractivity contribution is 0.126. The van der Waals surface area contributed by atoms with Crippen molar-refractivity contribution in [3.63, 3.8) is 0 Å². The first-order valence-electron chi connectivity index (χ1n) is 14.7. The van der Waals surface area contributed by atoms with Gasteiger partial charge in [-0.25, -0.2) is 23.4 Å². The summed E-state index contributed by atoms with van der Waals surface area (Å²) in [5.41, 5.74) is 4.46. The van der Waals surface area contributed by atoms with Crippen LogP contribution >= 0.6 is 11.3 Å². The number of anilines is 1. The Balaban J connectivity index is 1.37. The van der Waals surface area contributed by atoms with Crippen LogP contribution in [-0.4, -0.2) is 91.8 Å². The smallest absolute Gasteiger partial charge is 0.226 e. The standard InChI is InChI=1S/C30H40N6O3S2/c1-21-25(19-34-15-9-24(10-16-34)35-11-7-8-12-35)27-28(40-21)26(32-30(33-27)36-13-5-4-6-14-36)22-17-23(20-41(3,37)38)29(39-2)31-18-22/h7-8,17-18,24H,4-6,9-16,19-20H2,1-3H3. The number of ether oxygens (including phenoxy) is 1. The number of aryl methyl sites for hydroxylation is 1. The predicted octanol–water partition coefficient (Wildman–Crippen LogP) is 4.44. The van der Waals surface area contributed by atoms with E-state index in [1.54, 1.807) is 17.5 Å². The molecule has 0 aliphatic carbocycles. The molecule has 220 valence electrons. The molecule has 0 atom stereocenters. The third-order valence-electron chi connectivity index (χ3n) is 8.57. The summed E-state index contributed by atoms with van der Waals surface area (Å²) in [7, 11) is -1.76. The van der Waals surface area contributed by atoms with Crippen LogP contribution in [0.2, 0.25) is 0 Å². The normalized spacial score (nSPS) is 19.4. The lowest BCUT2D eigenvalue weighted by atomic mass is 10.0. The van der Waals surface area contributed by atoms with Crippen molar-refractivity contribution in [1.29, 1.82) is 0 Å². The molecule has 3 aromatic heterocycles.